The van der Waals surface area contributed by atoms with Crippen LogP contribution in [0.3, 0.4) is 0 Å². The Morgan fingerprint density at radius 1 is 1.03 bits per heavy atom. The van der Waals surface area contributed by atoms with Crippen LogP contribution in [0.25, 0.3) is 0 Å². The normalized spacial score (nSPS) is 46.8. The number of Topliss-reactive ketones (excluding diaryl/α,β-unsaturated/α-hetero) is 1. The molecule has 4 fully saturated rings. The van der Waals surface area contributed by atoms with Gasteiger partial charge >= 0.3 is 5.97 Å². The van der Waals surface area contributed by atoms with Crippen molar-refractivity contribution in [2.75, 3.05) is 19.6 Å². The largest absolute Gasteiger partial charge is 0.462 e. The molecule has 0 aromatic carbocycles. The Kier molecular flexibility index (Phi) is 7.24. The third-order valence-electron chi connectivity index (χ3n) is 11.7. The Morgan fingerprint density at radius 3 is 2.44 bits per heavy atom. The highest BCUT2D eigenvalue weighted by atomic mass is 16.5. The fourth-order valence-electron chi connectivity index (χ4n) is 10.4. The van der Waals surface area contributed by atoms with Crippen LogP contribution in [0.4, 0.5) is 0 Å². The topological polar surface area (TPSA) is 46.6 Å². The molecule has 4 nitrogen and oxygen atoms in total. The zero-order chi connectivity index (χ0) is 25.8. The van der Waals surface area contributed by atoms with Crippen molar-refractivity contribution >= 4 is 11.8 Å². The van der Waals surface area contributed by atoms with Crippen LogP contribution in [-0.4, -0.2) is 42.4 Å². The number of ketones is 1. The molecule has 1 heterocycles. The number of carbonyl (C=O) groups is 2. The highest BCUT2D eigenvalue weighted by Crippen LogP contribution is 2.67. The second kappa shape index (κ2) is 9.86. The summed E-state index contributed by atoms with van der Waals surface area (Å²) in [7, 11) is 0. The van der Waals surface area contributed by atoms with E-state index in [-0.39, 0.29) is 28.8 Å². The molecule has 4 heteroatoms. The molecule has 0 unspecified atom stereocenters. The summed E-state index contributed by atoms with van der Waals surface area (Å²) in [6.07, 6.45) is 12.3. The molecule has 1 saturated heterocycles. The summed E-state index contributed by atoms with van der Waals surface area (Å²) in [4.78, 5) is 27.8. The lowest BCUT2D eigenvalue weighted by atomic mass is 9.47. The van der Waals surface area contributed by atoms with Crippen LogP contribution in [0.5, 0.6) is 0 Å². The van der Waals surface area contributed by atoms with Crippen LogP contribution < -0.4 is 0 Å². The molecule has 3 saturated carbocycles. The third kappa shape index (κ3) is 4.63. The molecular weight excluding hydrogens is 446 g/mol. The van der Waals surface area contributed by atoms with Gasteiger partial charge in [0.2, 0.25) is 0 Å². The maximum atomic E-state index is 12.8. The lowest BCUT2D eigenvalue weighted by Crippen LogP contribution is -2.51. The van der Waals surface area contributed by atoms with Gasteiger partial charge in [0, 0.05) is 32.0 Å². The summed E-state index contributed by atoms with van der Waals surface area (Å²) in [6.45, 7) is 16.8. The summed E-state index contributed by atoms with van der Waals surface area (Å²) in [6, 6.07) is 0. The van der Waals surface area contributed by atoms with Crippen LogP contribution >= 0.6 is 0 Å². The van der Waals surface area contributed by atoms with Gasteiger partial charge in [0.1, 0.15) is 11.9 Å². The summed E-state index contributed by atoms with van der Waals surface area (Å²) < 4.78 is 6.06. The van der Waals surface area contributed by atoms with Gasteiger partial charge in [-0.25, -0.2) is 0 Å². The number of ether oxygens (including phenoxy) is 1. The van der Waals surface area contributed by atoms with Crippen molar-refractivity contribution in [2.24, 2.45) is 52.3 Å². The van der Waals surface area contributed by atoms with Gasteiger partial charge in [0.15, 0.2) is 0 Å². The van der Waals surface area contributed by atoms with Crippen LogP contribution in [0.1, 0.15) is 99.3 Å². The van der Waals surface area contributed by atoms with Crippen molar-refractivity contribution in [1.82, 2.24) is 4.90 Å². The molecule has 0 aromatic heterocycles. The minimum atomic E-state index is -0.00702. The lowest BCUT2D eigenvalue weighted by Gasteiger charge is -2.58. The maximum absolute atomic E-state index is 12.8. The van der Waals surface area contributed by atoms with E-state index >= 15 is 0 Å². The number of nitrogens with zero attached hydrogens (tertiary/aromatic N) is 1. The van der Waals surface area contributed by atoms with E-state index in [4.69, 9.17) is 4.74 Å². The first-order valence-electron chi connectivity index (χ1n) is 15.1. The van der Waals surface area contributed by atoms with Crippen molar-refractivity contribution in [2.45, 2.75) is 105 Å². The van der Waals surface area contributed by atoms with Crippen molar-refractivity contribution in [3.8, 4) is 0 Å². The van der Waals surface area contributed by atoms with Gasteiger partial charge in [-0.15, -0.1) is 0 Å². The minimum absolute atomic E-state index is 0.00702. The highest BCUT2D eigenvalue weighted by Gasteiger charge is 2.61. The molecule has 0 aromatic rings. The van der Waals surface area contributed by atoms with Gasteiger partial charge < -0.3 is 9.64 Å². The summed E-state index contributed by atoms with van der Waals surface area (Å²) in [5.74, 6) is 4.71. The number of rotatable bonds is 5. The van der Waals surface area contributed by atoms with E-state index in [1.165, 1.54) is 25.7 Å². The quantitative estimate of drug-likeness (QED) is 0.314. The highest BCUT2D eigenvalue weighted by molar-refractivity contribution is 5.80. The van der Waals surface area contributed by atoms with E-state index in [9.17, 15) is 9.59 Å². The SMILES string of the molecule is CC(=O)[C@H]1[C@@H](C)C[C@@H]2[C@@H]3CC=C4C[C@H](OC(=O)CCN5C[C@@H](C)C[C@H](C)C5)CC[C@]4(C)[C@@H]3CC[C@]21C. The zero-order valence-corrected chi connectivity index (χ0v) is 23.9. The van der Waals surface area contributed by atoms with E-state index in [1.807, 2.05) is 6.92 Å². The molecule has 10 atom stereocenters. The third-order valence-corrected chi connectivity index (χ3v) is 11.7. The number of esters is 1. The van der Waals surface area contributed by atoms with E-state index in [2.05, 4.69) is 45.6 Å². The van der Waals surface area contributed by atoms with Gasteiger partial charge in [0.05, 0.1) is 6.42 Å². The second-order valence-corrected chi connectivity index (χ2v) is 14.4. The van der Waals surface area contributed by atoms with Gasteiger partial charge in [0.25, 0.3) is 0 Å². The predicted molar refractivity (Wildman–Crippen MR) is 144 cm³/mol. The predicted octanol–water partition coefficient (Wildman–Crippen LogP) is 6.68. The molecule has 4 aliphatic carbocycles. The Hall–Kier alpha value is -1.16. The monoisotopic (exact) mass is 497 g/mol. The van der Waals surface area contributed by atoms with Crippen LogP contribution in [0, 0.1) is 52.3 Å². The fraction of sp³-hybridized carbons (Fsp3) is 0.875. The molecule has 1 aliphatic heterocycles. The van der Waals surface area contributed by atoms with Crippen molar-refractivity contribution in [3.63, 3.8) is 0 Å². The number of fused-ring (bicyclic) bond motifs is 5. The van der Waals surface area contributed by atoms with Gasteiger partial charge in [-0.1, -0.05) is 46.3 Å². The number of allylic oxidation sites excluding steroid dienone is 1. The number of hydrogen-bond acceptors (Lipinski definition) is 4. The molecule has 5 rings (SSSR count). The number of hydrogen-bond donors (Lipinski definition) is 0. The Labute approximate surface area is 220 Å². The first kappa shape index (κ1) is 26.4. The van der Waals surface area contributed by atoms with Crippen molar-refractivity contribution < 1.29 is 14.3 Å². The zero-order valence-electron chi connectivity index (χ0n) is 23.9. The Morgan fingerprint density at radius 2 is 1.75 bits per heavy atom. The van der Waals surface area contributed by atoms with Gasteiger partial charge in [-0.05, 0) is 98.2 Å². The van der Waals surface area contributed by atoms with Gasteiger partial charge in [-0.3, -0.25) is 9.59 Å². The van der Waals surface area contributed by atoms with E-state index in [1.54, 1.807) is 5.57 Å². The maximum Gasteiger partial charge on any atom is 0.307 e. The van der Waals surface area contributed by atoms with E-state index in [0.29, 0.717) is 35.9 Å². The number of piperidine rings is 1. The molecular formula is C32H51NO3. The molecule has 5 aliphatic rings. The Balaban J connectivity index is 1.20. The molecule has 0 radical (unpaired) electrons. The standard InChI is InChI=1S/C32H51NO3/c1-20-15-21(2)19-33(18-20)14-11-29(35)36-25-9-12-31(5)24(17-25)7-8-26-27(31)10-13-32(6)28(26)16-22(3)30(32)23(4)34/h7,20-22,25-28,30H,8-19H2,1-6H3/t20-,21-,22-,25+,26+,27+,28+,30+,31-,32+/m0/s1. The smallest absolute Gasteiger partial charge is 0.307 e. The van der Waals surface area contributed by atoms with Crippen LogP contribution in [0.15, 0.2) is 11.6 Å². The molecule has 36 heavy (non-hydrogen) atoms. The fourth-order valence-corrected chi connectivity index (χ4v) is 10.4. The molecule has 202 valence electrons. The molecule has 0 bridgehead atoms. The van der Waals surface area contributed by atoms with E-state index in [0.717, 1.165) is 57.2 Å². The average Bonchev–Trinajstić information content (AvgIpc) is 3.07. The number of carbonyl (C=O) groups excluding carboxylic acids is 2. The summed E-state index contributed by atoms with van der Waals surface area (Å²) >= 11 is 0. The minimum Gasteiger partial charge on any atom is -0.462 e. The summed E-state index contributed by atoms with van der Waals surface area (Å²) in [5.41, 5.74) is 1.99. The Bertz CT molecular complexity index is 886. The van der Waals surface area contributed by atoms with Crippen molar-refractivity contribution in [1.29, 1.82) is 0 Å². The van der Waals surface area contributed by atoms with Crippen LogP contribution in [0.2, 0.25) is 0 Å². The van der Waals surface area contributed by atoms with Crippen molar-refractivity contribution in [3.05, 3.63) is 11.6 Å². The number of likely N-dealkylation sites (tertiary alicyclic amines) is 1. The first-order valence-corrected chi connectivity index (χ1v) is 15.1. The van der Waals surface area contributed by atoms with E-state index < -0.39 is 0 Å². The first-order chi connectivity index (χ1) is 17.0. The van der Waals surface area contributed by atoms with Crippen LogP contribution in [-0.2, 0) is 14.3 Å². The second-order valence-electron chi connectivity index (χ2n) is 14.4. The molecule has 0 amide bonds. The van der Waals surface area contributed by atoms with Gasteiger partial charge in [-0.2, -0.15) is 0 Å². The average molecular weight is 498 g/mol. The summed E-state index contributed by atoms with van der Waals surface area (Å²) in [5, 5.41) is 0. The molecule has 0 spiro atoms. The molecule has 0 N–H and O–H groups in total. The lowest BCUT2D eigenvalue weighted by molar-refractivity contribution is -0.152.